The van der Waals surface area contributed by atoms with E-state index >= 15 is 0 Å². The van der Waals surface area contributed by atoms with Crippen LogP contribution in [-0.2, 0) is 9.59 Å². The normalized spacial score (nSPS) is 15.3. The van der Waals surface area contributed by atoms with Crippen LogP contribution >= 0.6 is 23.2 Å². The van der Waals surface area contributed by atoms with Gasteiger partial charge in [-0.3, -0.25) is 25.0 Å². The highest BCUT2D eigenvalue weighted by atomic mass is 35.5. The maximum atomic E-state index is 12.9. The third-order valence-electron chi connectivity index (χ3n) is 4.15. The molecule has 1 aliphatic heterocycles. The molecule has 0 spiro atoms. The Morgan fingerprint density at radius 2 is 1.90 bits per heavy atom. The second kappa shape index (κ2) is 8.62. The molecule has 0 aliphatic carbocycles. The molecule has 160 valence electrons. The van der Waals surface area contributed by atoms with Crippen LogP contribution in [0, 0.1) is 10.1 Å². The van der Waals surface area contributed by atoms with E-state index in [1.807, 2.05) is 5.32 Å². The van der Waals surface area contributed by atoms with Gasteiger partial charge in [-0.1, -0.05) is 23.2 Å². The average Bonchev–Trinajstić information content (AvgIpc) is 2.69. The molecule has 0 bridgehead atoms. The van der Waals surface area contributed by atoms with Gasteiger partial charge in [0.2, 0.25) is 5.75 Å². The summed E-state index contributed by atoms with van der Waals surface area (Å²) in [6, 6.07) is 5.18. The number of aromatic hydroxyl groups is 1. The summed E-state index contributed by atoms with van der Waals surface area (Å²) in [5.41, 5.74) is -1.08. The number of barbiturate groups is 1. The first-order valence-electron chi connectivity index (χ1n) is 8.64. The maximum Gasteiger partial charge on any atom is 0.335 e. The number of anilines is 1. The number of hydrogen-bond donors (Lipinski definition) is 2. The van der Waals surface area contributed by atoms with Crippen molar-refractivity contribution in [3.8, 4) is 11.5 Å². The quantitative estimate of drug-likeness (QED) is 0.297. The van der Waals surface area contributed by atoms with Crippen molar-refractivity contribution in [3.63, 3.8) is 0 Å². The highest BCUT2D eigenvalue weighted by Gasteiger charge is 2.37. The van der Waals surface area contributed by atoms with Crippen molar-refractivity contribution < 1.29 is 29.2 Å². The van der Waals surface area contributed by atoms with Gasteiger partial charge in [-0.05, 0) is 42.8 Å². The summed E-state index contributed by atoms with van der Waals surface area (Å²) >= 11 is 11.8. The number of phenols is 1. The van der Waals surface area contributed by atoms with E-state index in [1.54, 1.807) is 6.92 Å². The van der Waals surface area contributed by atoms with Crippen LogP contribution in [0.15, 0.2) is 35.9 Å². The lowest BCUT2D eigenvalue weighted by Gasteiger charge is -2.26. The summed E-state index contributed by atoms with van der Waals surface area (Å²) in [4.78, 5) is 48.6. The number of nitro benzene ring substituents is 1. The van der Waals surface area contributed by atoms with Crippen molar-refractivity contribution in [3.05, 3.63) is 61.6 Å². The van der Waals surface area contributed by atoms with Crippen LogP contribution < -0.4 is 15.0 Å². The number of ether oxygens (including phenoxy) is 1. The molecule has 0 atom stereocenters. The second-order valence-corrected chi connectivity index (χ2v) is 6.95. The molecule has 0 unspecified atom stereocenters. The highest BCUT2D eigenvalue weighted by Crippen LogP contribution is 2.38. The zero-order valence-electron chi connectivity index (χ0n) is 15.7. The lowest BCUT2D eigenvalue weighted by molar-refractivity contribution is -0.386. The third-order valence-corrected chi connectivity index (χ3v) is 4.89. The molecule has 12 heteroatoms. The Morgan fingerprint density at radius 1 is 1.19 bits per heavy atom. The van der Waals surface area contributed by atoms with Crippen LogP contribution in [0.25, 0.3) is 6.08 Å². The zero-order chi connectivity index (χ0) is 22.9. The van der Waals surface area contributed by atoms with E-state index in [0.717, 1.165) is 12.1 Å². The van der Waals surface area contributed by atoms with Gasteiger partial charge in [0.1, 0.15) is 5.57 Å². The van der Waals surface area contributed by atoms with E-state index < -0.39 is 39.8 Å². The first-order chi connectivity index (χ1) is 14.6. The lowest BCUT2D eigenvalue weighted by atomic mass is 10.1. The van der Waals surface area contributed by atoms with Gasteiger partial charge in [-0.15, -0.1) is 0 Å². The fraction of sp³-hybridized carbons (Fsp3) is 0.105. The number of rotatable bonds is 5. The molecule has 1 heterocycles. The zero-order valence-corrected chi connectivity index (χ0v) is 17.2. The standard InChI is InChI=1S/C19H13Cl2N3O7/c1-2-31-15-7-9(6-14(16(15)25)24(29)30)5-11-17(26)22-19(28)23(18(11)27)10-3-4-12(20)13(21)8-10/h3-8,25H,2H2,1H3,(H,22,26,28)/b11-5-. The van der Waals surface area contributed by atoms with Gasteiger partial charge in [0, 0.05) is 6.07 Å². The van der Waals surface area contributed by atoms with Gasteiger partial charge >= 0.3 is 11.7 Å². The Morgan fingerprint density at radius 3 is 2.52 bits per heavy atom. The third kappa shape index (κ3) is 4.30. The van der Waals surface area contributed by atoms with E-state index in [4.69, 9.17) is 27.9 Å². The minimum absolute atomic E-state index is 0.0230. The molecule has 1 aliphatic rings. The van der Waals surface area contributed by atoms with Gasteiger partial charge in [0.05, 0.1) is 27.3 Å². The Balaban J connectivity index is 2.09. The van der Waals surface area contributed by atoms with Crippen molar-refractivity contribution in [1.82, 2.24) is 5.32 Å². The summed E-state index contributed by atoms with van der Waals surface area (Å²) < 4.78 is 5.18. The van der Waals surface area contributed by atoms with Crippen molar-refractivity contribution in [2.24, 2.45) is 0 Å². The molecule has 2 aromatic carbocycles. The van der Waals surface area contributed by atoms with Gasteiger partial charge in [-0.25, -0.2) is 9.69 Å². The number of amides is 4. The minimum Gasteiger partial charge on any atom is -0.500 e. The number of phenolic OH excluding ortho intramolecular Hbond substituents is 1. The molecule has 0 radical (unpaired) electrons. The number of carbonyl (C=O) groups excluding carboxylic acids is 3. The summed E-state index contributed by atoms with van der Waals surface area (Å²) in [6.45, 7) is 1.71. The summed E-state index contributed by atoms with van der Waals surface area (Å²) in [5.74, 6) is -2.88. The van der Waals surface area contributed by atoms with Crippen LogP contribution in [0.4, 0.5) is 16.2 Å². The van der Waals surface area contributed by atoms with Gasteiger partial charge < -0.3 is 9.84 Å². The fourth-order valence-corrected chi connectivity index (χ4v) is 3.08. The monoisotopic (exact) mass is 465 g/mol. The first-order valence-corrected chi connectivity index (χ1v) is 9.40. The molecule has 2 aromatic rings. The number of urea groups is 1. The number of benzene rings is 2. The van der Waals surface area contributed by atoms with Crippen LogP contribution in [0.1, 0.15) is 12.5 Å². The molecule has 3 rings (SSSR count). The predicted molar refractivity (Wildman–Crippen MR) is 111 cm³/mol. The van der Waals surface area contributed by atoms with E-state index in [1.165, 1.54) is 24.3 Å². The van der Waals surface area contributed by atoms with E-state index in [0.29, 0.717) is 4.90 Å². The predicted octanol–water partition coefficient (Wildman–Crippen LogP) is 3.67. The van der Waals surface area contributed by atoms with Gasteiger partial charge in [0.15, 0.2) is 5.75 Å². The van der Waals surface area contributed by atoms with Crippen molar-refractivity contribution in [2.45, 2.75) is 6.92 Å². The Hall–Kier alpha value is -3.63. The molecule has 1 fully saturated rings. The summed E-state index contributed by atoms with van der Waals surface area (Å²) in [7, 11) is 0. The largest absolute Gasteiger partial charge is 0.500 e. The van der Waals surface area contributed by atoms with E-state index in [2.05, 4.69) is 0 Å². The second-order valence-electron chi connectivity index (χ2n) is 6.13. The average molecular weight is 466 g/mol. The van der Waals surface area contributed by atoms with Crippen LogP contribution in [-0.4, -0.2) is 34.5 Å². The van der Waals surface area contributed by atoms with E-state index in [-0.39, 0.29) is 33.7 Å². The smallest absolute Gasteiger partial charge is 0.335 e. The SMILES string of the molecule is CCOc1cc(/C=C2/C(=O)NC(=O)N(c3ccc(Cl)c(Cl)c3)C2=O)cc([N+](=O)[O-])c1O. The lowest BCUT2D eigenvalue weighted by Crippen LogP contribution is -2.54. The Labute approximate surface area is 184 Å². The van der Waals surface area contributed by atoms with Crippen LogP contribution in [0.3, 0.4) is 0 Å². The molecule has 2 N–H and O–H groups in total. The number of halogens is 2. The topological polar surface area (TPSA) is 139 Å². The fourth-order valence-electron chi connectivity index (χ4n) is 2.78. The maximum absolute atomic E-state index is 12.9. The molecule has 1 saturated heterocycles. The molecule has 10 nitrogen and oxygen atoms in total. The van der Waals surface area contributed by atoms with Gasteiger partial charge in [-0.2, -0.15) is 0 Å². The molecular formula is C19H13Cl2N3O7. The van der Waals surface area contributed by atoms with Crippen molar-refractivity contribution in [1.29, 1.82) is 0 Å². The van der Waals surface area contributed by atoms with Crippen molar-refractivity contribution >= 4 is 58.5 Å². The van der Waals surface area contributed by atoms with E-state index in [9.17, 15) is 29.6 Å². The number of nitro groups is 1. The summed E-state index contributed by atoms with van der Waals surface area (Å²) in [6.07, 6.45) is 1.05. The van der Waals surface area contributed by atoms with Crippen LogP contribution in [0.2, 0.25) is 10.0 Å². The highest BCUT2D eigenvalue weighted by molar-refractivity contribution is 6.43. The number of nitrogens with one attached hydrogen (secondary N) is 1. The van der Waals surface area contributed by atoms with Crippen LogP contribution in [0.5, 0.6) is 11.5 Å². The molecule has 0 saturated carbocycles. The molecular weight excluding hydrogens is 453 g/mol. The minimum atomic E-state index is -1.00. The summed E-state index contributed by atoms with van der Waals surface area (Å²) in [5, 5.41) is 23.5. The first kappa shape index (κ1) is 22.1. The molecule has 31 heavy (non-hydrogen) atoms. The molecule has 4 amide bonds. The van der Waals surface area contributed by atoms with Crippen molar-refractivity contribution in [2.75, 3.05) is 11.5 Å². The number of hydrogen-bond acceptors (Lipinski definition) is 7. The Bertz CT molecular complexity index is 1160. The Kier molecular flexibility index (Phi) is 6.14. The van der Waals surface area contributed by atoms with Gasteiger partial charge in [0.25, 0.3) is 11.8 Å². The number of imide groups is 2. The number of carbonyl (C=O) groups is 3. The number of nitrogens with zero attached hydrogens (tertiary/aromatic N) is 2. The molecule has 0 aromatic heterocycles.